The summed E-state index contributed by atoms with van der Waals surface area (Å²) < 4.78 is 10.7. The highest BCUT2D eigenvalue weighted by Crippen LogP contribution is 2.16. The number of hydrogen-bond acceptors (Lipinski definition) is 4. The predicted molar refractivity (Wildman–Crippen MR) is 69.1 cm³/mol. The number of nitrogens with one attached hydrogen (secondary N) is 1. The van der Waals surface area contributed by atoms with Crippen LogP contribution < -0.4 is 14.8 Å². The smallest absolute Gasteiger partial charge is 0.216 e. The van der Waals surface area contributed by atoms with E-state index in [4.69, 9.17) is 9.47 Å². The topological polar surface area (TPSA) is 43.4 Å². The molecule has 0 aromatic carbocycles. The molecule has 2 heterocycles. The second-order valence-electron chi connectivity index (χ2n) is 4.02. The van der Waals surface area contributed by atoms with Crippen LogP contribution in [-0.4, -0.2) is 31.8 Å². The van der Waals surface area contributed by atoms with Gasteiger partial charge in [0, 0.05) is 12.1 Å². The summed E-state index contributed by atoms with van der Waals surface area (Å²) in [6.07, 6.45) is 2.37. The molecular formula is C12H19ClN2O2. The van der Waals surface area contributed by atoms with E-state index in [1.54, 1.807) is 7.11 Å². The zero-order valence-corrected chi connectivity index (χ0v) is 10.8. The van der Waals surface area contributed by atoms with E-state index in [0.717, 1.165) is 19.7 Å². The Morgan fingerprint density at radius 3 is 2.71 bits per heavy atom. The van der Waals surface area contributed by atoms with Crippen molar-refractivity contribution in [3.63, 3.8) is 0 Å². The second kappa shape index (κ2) is 7.35. The minimum Gasteiger partial charge on any atom is -0.481 e. The first-order valence-electron chi connectivity index (χ1n) is 5.73. The second-order valence-corrected chi connectivity index (χ2v) is 4.02. The average molecular weight is 259 g/mol. The van der Waals surface area contributed by atoms with Crippen molar-refractivity contribution in [3.8, 4) is 11.8 Å². The van der Waals surface area contributed by atoms with Gasteiger partial charge in [-0.3, -0.25) is 0 Å². The molecule has 1 fully saturated rings. The quantitative estimate of drug-likeness (QED) is 0.896. The van der Waals surface area contributed by atoms with Gasteiger partial charge < -0.3 is 14.8 Å². The molecular weight excluding hydrogens is 240 g/mol. The molecule has 1 aromatic rings. The molecule has 5 heteroatoms. The van der Waals surface area contributed by atoms with Crippen molar-refractivity contribution in [3.05, 3.63) is 18.2 Å². The molecule has 4 nitrogen and oxygen atoms in total. The van der Waals surface area contributed by atoms with E-state index in [1.807, 2.05) is 18.2 Å². The lowest BCUT2D eigenvalue weighted by molar-refractivity contribution is 0.207. The van der Waals surface area contributed by atoms with Gasteiger partial charge in [0.1, 0.15) is 0 Å². The number of aromatic nitrogens is 1. The first kappa shape index (κ1) is 14.1. The van der Waals surface area contributed by atoms with E-state index in [9.17, 15) is 0 Å². The van der Waals surface area contributed by atoms with Crippen molar-refractivity contribution in [2.24, 2.45) is 5.92 Å². The number of pyridine rings is 1. The van der Waals surface area contributed by atoms with Crippen molar-refractivity contribution in [1.82, 2.24) is 10.3 Å². The highest BCUT2D eigenvalue weighted by Gasteiger charge is 2.13. The molecule has 0 amide bonds. The van der Waals surface area contributed by atoms with Crippen LogP contribution in [0.15, 0.2) is 18.2 Å². The van der Waals surface area contributed by atoms with Crippen molar-refractivity contribution >= 4 is 12.4 Å². The Balaban J connectivity index is 0.00000144. The molecule has 1 saturated heterocycles. The highest BCUT2D eigenvalue weighted by atomic mass is 35.5. The normalized spacial score (nSPS) is 16.1. The summed E-state index contributed by atoms with van der Waals surface area (Å²) >= 11 is 0. The van der Waals surface area contributed by atoms with Crippen LogP contribution in [0.3, 0.4) is 0 Å². The summed E-state index contributed by atoms with van der Waals surface area (Å²) in [5, 5.41) is 3.34. The van der Waals surface area contributed by atoms with Gasteiger partial charge in [0.25, 0.3) is 0 Å². The van der Waals surface area contributed by atoms with Gasteiger partial charge in [-0.25, -0.2) is 0 Å². The predicted octanol–water partition coefficient (Wildman–Crippen LogP) is 1.89. The molecule has 0 bridgehead atoms. The first-order chi connectivity index (χ1) is 7.88. The number of piperidine rings is 1. The largest absolute Gasteiger partial charge is 0.481 e. The zero-order chi connectivity index (χ0) is 11.2. The van der Waals surface area contributed by atoms with E-state index >= 15 is 0 Å². The van der Waals surface area contributed by atoms with Gasteiger partial charge in [-0.15, -0.1) is 12.4 Å². The number of methoxy groups -OCH3 is 1. The average Bonchev–Trinajstić information content (AvgIpc) is 2.38. The van der Waals surface area contributed by atoms with E-state index in [2.05, 4.69) is 10.3 Å². The third-order valence-electron chi connectivity index (χ3n) is 2.83. The van der Waals surface area contributed by atoms with Crippen molar-refractivity contribution in [2.45, 2.75) is 12.8 Å². The van der Waals surface area contributed by atoms with Crippen molar-refractivity contribution in [1.29, 1.82) is 0 Å². The Morgan fingerprint density at radius 1 is 1.29 bits per heavy atom. The number of hydrogen-bond donors (Lipinski definition) is 1. The standard InChI is InChI=1S/C12H18N2O2.ClH/c1-15-11-3-2-4-12(14-11)16-9-10-5-7-13-8-6-10;/h2-4,10,13H,5-9H2,1H3;1H. The summed E-state index contributed by atoms with van der Waals surface area (Å²) in [6.45, 7) is 2.95. The Kier molecular flexibility index (Phi) is 6.08. The maximum atomic E-state index is 5.67. The fourth-order valence-electron chi connectivity index (χ4n) is 1.84. The van der Waals surface area contributed by atoms with Crippen LogP contribution >= 0.6 is 12.4 Å². The lowest BCUT2D eigenvalue weighted by Gasteiger charge is -2.22. The molecule has 1 aromatic heterocycles. The van der Waals surface area contributed by atoms with E-state index in [0.29, 0.717) is 17.7 Å². The molecule has 0 aliphatic carbocycles. The maximum Gasteiger partial charge on any atom is 0.216 e. The molecule has 17 heavy (non-hydrogen) atoms. The summed E-state index contributed by atoms with van der Waals surface area (Å²) in [6, 6.07) is 5.57. The lowest BCUT2D eigenvalue weighted by atomic mass is 9.99. The summed E-state index contributed by atoms with van der Waals surface area (Å²) in [7, 11) is 1.61. The minimum atomic E-state index is 0. The molecule has 1 aliphatic heterocycles. The number of ether oxygens (including phenoxy) is 2. The van der Waals surface area contributed by atoms with Gasteiger partial charge in [-0.05, 0) is 31.8 Å². The Hall–Kier alpha value is -1.00. The maximum absolute atomic E-state index is 5.67. The van der Waals surface area contributed by atoms with Gasteiger partial charge in [0.15, 0.2) is 0 Å². The molecule has 1 aliphatic rings. The van der Waals surface area contributed by atoms with Crippen molar-refractivity contribution < 1.29 is 9.47 Å². The van der Waals surface area contributed by atoms with Crippen molar-refractivity contribution in [2.75, 3.05) is 26.8 Å². The van der Waals surface area contributed by atoms with E-state index in [1.165, 1.54) is 12.8 Å². The fourth-order valence-corrected chi connectivity index (χ4v) is 1.84. The van der Waals surface area contributed by atoms with Gasteiger partial charge in [-0.2, -0.15) is 4.98 Å². The molecule has 0 saturated carbocycles. The Labute approximate surface area is 108 Å². The molecule has 0 radical (unpaired) electrons. The Bertz CT molecular complexity index is 330. The van der Waals surface area contributed by atoms with Crippen LogP contribution in [0.5, 0.6) is 11.8 Å². The molecule has 0 atom stereocenters. The van der Waals surface area contributed by atoms with Gasteiger partial charge >= 0.3 is 0 Å². The van der Waals surface area contributed by atoms with E-state index in [-0.39, 0.29) is 12.4 Å². The molecule has 1 N–H and O–H groups in total. The minimum absolute atomic E-state index is 0. The van der Waals surface area contributed by atoms with Gasteiger partial charge in [-0.1, -0.05) is 6.07 Å². The summed E-state index contributed by atoms with van der Waals surface area (Å²) in [5.74, 6) is 1.90. The summed E-state index contributed by atoms with van der Waals surface area (Å²) in [4.78, 5) is 4.22. The van der Waals surface area contributed by atoms with Crippen LogP contribution in [0.2, 0.25) is 0 Å². The SMILES string of the molecule is COc1cccc(OCC2CCNCC2)n1.Cl. The first-order valence-corrected chi connectivity index (χ1v) is 5.73. The fraction of sp³-hybridized carbons (Fsp3) is 0.583. The molecule has 0 spiro atoms. The van der Waals surface area contributed by atoms with Crippen LogP contribution in [-0.2, 0) is 0 Å². The molecule has 0 unspecified atom stereocenters. The number of halogens is 1. The molecule has 2 rings (SSSR count). The Morgan fingerprint density at radius 2 is 2.00 bits per heavy atom. The zero-order valence-electron chi connectivity index (χ0n) is 10.0. The van der Waals surface area contributed by atoms with Crippen LogP contribution in [0, 0.1) is 5.92 Å². The van der Waals surface area contributed by atoms with Crippen LogP contribution in [0.25, 0.3) is 0 Å². The monoisotopic (exact) mass is 258 g/mol. The highest BCUT2D eigenvalue weighted by molar-refractivity contribution is 5.85. The number of nitrogens with zero attached hydrogens (tertiary/aromatic N) is 1. The third-order valence-corrected chi connectivity index (χ3v) is 2.83. The molecule has 96 valence electrons. The van der Waals surface area contributed by atoms with Gasteiger partial charge in [0.05, 0.1) is 13.7 Å². The third kappa shape index (κ3) is 4.40. The number of rotatable bonds is 4. The lowest BCUT2D eigenvalue weighted by Crippen LogP contribution is -2.30. The van der Waals surface area contributed by atoms with Gasteiger partial charge in [0.2, 0.25) is 11.8 Å². The summed E-state index contributed by atoms with van der Waals surface area (Å²) in [5.41, 5.74) is 0. The van der Waals surface area contributed by atoms with Crippen LogP contribution in [0.1, 0.15) is 12.8 Å². The van der Waals surface area contributed by atoms with E-state index < -0.39 is 0 Å². The van der Waals surface area contributed by atoms with Crippen LogP contribution in [0.4, 0.5) is 0 Å².